The zero-order valence-corrected chi connectivity index (χ0v) is 5.82. The Labute approximate surface area is 54.9 Å². The van der Waals surface area contributed by atoms with Crippen LogP contribution in [0.4, 0.5) is 0 Å². The fourth-order valence-corrected chi connectivity index (χ4v) is 0.480. The van der Waals surface area contributed by atoms with Gasteiger partial charge >= 0.3 is 0 Å². The zero-order valence-electron chi connectivity index (χ0n) is 4.92. The first-order valence-electron chi connectivity index (χ1n) is 2.60. The summed E-state index contributed by atoms with van der Waals surface area (Å²) in [4.78, 5) is 10.2. The minimum atomic E-state index is -0.0812. The lowest BCUT2D eigenvalue weighted by molar-refractivity contribution is -0.110. The third-order valence-corrected chi connectivity index (χ3v) is 1.04. The van der Waals surface area contributed by atoms with Gasteiger partial charge in [0.15, 0.2) is 5.12 Å². The minimum Gasteiger partial charge on any atom is -0.328 e. The van der Waals surface area contributed by atoms with Crippen LogP contribution in [0.15, 0.2) is 0 Å². The Kier molecular flexibility index (Phi) is 3.91. The van der Waals surface area contributed by atoms with Gasteiger partial charge in [-0.3, -0.25) is 4.79 Å². The average molecular weight is 133 g/mol. The van der Waals surface area contributed by atoms with Crippen LogP contribution in [0.1, 0.15) is 19.8 Å². The molecule has 0 heterocycles. The summed E-state index contributed by atoms with van der Waals surface area (Å²) in [5, 5.41) is -0.0812. The Morgan fingerprint density at radius 2 is 2.38 bits per heavy atom. The molecule has 0 bridgehead atoms. The first-order chi connectivity index (χ1) is 3.63. The molecule has 0 rings (SSSR count). The van der Waals surface area contributed by atoms with Crippen molar-refractivity contribution in [2.75, 3.05) is 0 Å². The van der Waals surface area contributed by atoms with E-state index in [0.29, 0.717) is 6.42 Å². The lowest BCUT2D eigenvalue weighted by Gasteiger charge is -1.98. The van der Waals surface area contributed by atoms with E-state index in [2.05, 4.69) is 12.6 Å². The van der Waals surface area contributed by atoms with Crippen LogP contribution in [0.3, 0.4) is 0 Å². The summed E-state index contributed by atoms with van der Waals surface area (Å²) >= 11 is 3.58. The molecule has 0 radical (unpaired) electrons. The number of nitrogens with two attached hydrogens (primary N) is 1. The molecule has 0 fully saturated rings. The van der Waals surface area contributed by atoms with Crippen molar-refractivity contribution in [3.63, 3.8) is 0 Å². The molecule has 0 aliphatic heterocycles. The van der Waals surface area contributed by atoms with Gasteiger partial charge in [-0.05, 0) is 13.3 Å². The van der Waals surface area contributed by atoms with Gasteiger partial charge in [0.2, 0.25) is 0 Å². The van der Waals surface area contributed by atoms with E-state index in [9.17, 15) is 4.79 Å². The molecule has 2 N–H and O–H groups in total. The number of rotatable bonds is 3. The smallest absolute Gasteiger partial charge is 0.185 e. The van der Waals surface area contributed by atoms with Gasteiger partial charge in [0, 0.05) is 12.5 Å². The maximum atomic E-state index is 10.2. The Balaban J connectivity index is 3.05. The van der Waals surface area contributed by atoms with Gasteiger partial charge in [0.1, 0.15) is 0 Å². The second-order valence-electron chi connectivity index (χ2n) is 1.91. The third kappa shape index (κ3) is 5.98. The summed E-state index contributed by atoms with van der Waals surface area (Å²) < 4.78 is 0. The van der Waals surface area contributed by atoms with Gasteiger partial charge in [-0.2, -0.15) is 0 Å². The number of hydrogen-bond acceptors (Lipinski definition) is 2. The van der Waals surface area contributed by atoms with Gasteiger partial charge in [-0.1, -0.05) is 0 Å². The van der Waals surface area contributed by atoms with Crippen LogP contribution < -0.4 is 5.73 Å². The Bertz CT molecular complexity index is 82.5. The molecule has 0 aromatic rings. The molecule has 0 aromatic carbocycles. The Hall–Kier alpha value is -0.0200. The normalized spacial score (nSPS) is 13.4. The van der Waals surface area contributed by atoms with E-state index in [0.717, 1.165) is 6.42 Å². The summed E-state index contributed by atoms with van der Waals surface area (Å²) in [7, 11) is 0. The first-order valence-corrected chi connectivity index (χ1v) is 3.05. The van der Waals surface area contributed by atoms with Crippen LogP contribution in [-0.2, 0) is 4.79 Å². The molecule has 0 saturated heterocycles. The molecule has 3 heteroatoms. The van der Waals surface area contributed by atoms with E-state index in [1.165, 1.54) is 0 Å². The van der Waals surface area contributed by atoms with Crippen LogP contribution in [-0.4, -0.2) is 11.2 Å². The van der Waals surface area contributed by atoms with E-state index in [-0.39, 0.29) is 11.2 Å². The second kappa shape index (κ2) is 3.92. The lowest BCUT2D eigenvalue weighted by atomic mass is 10.2. The summed E-state index contributed by atoms with van der Waals surface area (Å²) in [5.41, 5.74) is 5.35. The maximum Gasteiger partial charge on any atom is 0.185 e. The number of carbonyl (C=O) groups excluding carboxylic acids is 1. The van der Waals surface area contributed by atoms with E-state index in [1.54, 1.807) is 0 Å². The van der Waals surface area contributed by atoms with Crippen LogP contribution >= 0.6 is 12.6 Å². The summed E-state index contributed by atoms with van der Waals surface area (Å²) in [5.74, 6) is 0. The van der Waals surface area contributed by atoms with Crippen LogP contribution in [0.25, 0.3) is 0 Å². The van der Waals surface area contributed by atoms with Crippen molar-refractivity contribution >= 4 is 17.7 Å². The number of carbonyl (C=O) groups is 1. The number of hydrogen-bond donors (Lipinski definition) is 2. The lowest BCUT2D eigenvalue weighted by Crippen LogP contribution is -2.14. The van der Waals surface area contributed by atoms with Crippen molar-refractivity contribution in [1.82, 2.24) is 0 Å². The molecule has 0 amide bonds. The van der Waals surface area contributed by atoms with Gasteiger partial charge in [-0.15, -0.1) is 12.6 Å². The molecular weight excluding hydrogens is 122 g/mol. The Morgan fingerprint density at radius 1 is 1.88 bits per heavy atom. The van der Waals surface area contributed by atoms with Crippen LogP contribution in [0.2, 0.25) is 0 Å². The highest BCUT2D eigenvalue weighted by Gasteiger charge is 1.96. The van der Waals surface area contributed by atoms with Gasteiger partial charge in [0.05, 0.1) is 0 Å². The summed E-state index contributed by atoms with van der Waals surface area (Å²) in [6, 6.07) is 0.117. The highest BCUT2D eigenvalue weighted by atomic mass is 32.1. The standard InChI is InChI=1S/C5H11NOS/c1-4(6)2-3-5(7)8/h4H,2-3,6H2,1H3,(H,7,8). The topological polar surface area (TPSA) is 43.1 Å². The highest BCUT2D eigenvalue weighted by Crippen LogP contribution is 1.95. The SMILES string of the molecule is CC(N)CCC(=O)S. The van der Waals surface area contributed by atoms with E-state index < -0.39 is 0 Å². The van der Waals surface area contributed by atoms with Gasteiger partial charge in [0.25, 0.3) is 0 Å². The first kappa shape index (κ1) is 7.98. The number of thiol groups is 1. The molecule has 2 nitrogen and oxygen atoms in total. The van der Waals surface area contributed by atoms with Gasteiger partial charge in [-0.25, -0.2) is 0 Å². The van der Waals surface area contributed by atoms with Crippen molar-refractivity contribution in [3.05, 3.63) is 0 Å². The quantitative estimate of drug-likeness (QED) is 0.553. The monoisotopic (exact) mass is 133 g/mol. The molecule has 48 valence electrons. The molecule has 8 heavy (non-hydrogen) atoms. The molecule has 0 aromatic heterocycles. The van der Waals surface area contributed by atoms with Crippen molar-refractivity contribution in [2.24, 2.45) is 5.73 Å². The van der Waals surface area contributed by atoms with E-state index in [4.69, 9.17) is 5.73 Å². The molecule has 0 saturated carbocycles. The fourth-order valence-electron chi connectivity index (χ4n) is 0.351. The molecule has 1 unspecified atom stereocenters. The Morgan fingerprint density at radius 3 is 2.50 bits per heavy atom. The minimum absolute atomic E-state index is 0.0812. The molecule has 0 spiro atoms. The fraction of sp³-hybridized carbons (Fsp3) is 0.800. The summed E-state index contributed by atoms with van der Waals surface area (Å²) in [6.07, 6.45) is 1.23. The van der Waals surface area contributed by atoms with E-state index >= 15 is 0 Å². The maximum absolute atomic E-state index is 10.2. The van der Waals surface area contributed by atoms with Crippen molar-refractivity contribution in [1.29, 1.82) is 0 Å². The largest absolute Gasteiger partial charge is 0.328 e. The second-order valence-corrected chi connectivity index (χ2v) is 2.41. The predicted octanol–water partition coefficient (Wildman–Crippen LogP) is 0.570. The average Bonchev–Trinajstić information content (AvgIpc) is 1.61. The zero-order chi connectivity index (χ0) is 6.57. The molecule has 1 atom stereocenters. The molecular formula is C5H11NOS. The molecule has 0 aliphatic carbocycles. The summed E-state index contributed by atoms with van der Waals surface area (Å²) in [6.45, 7) is 1.87. The van der Waals surface area contributed by atoms with Crippen molar-refractivity contribution in [3.8, 4) is 0 Å². The van der Waals surface area contributed by atoms with Gasteiger partial charge < -0.3 is 5.73 Å². The van der Waals surface area contributed by atoms with E-state index in [1.807, 2.05) is 6.92 Å². The highest BCUT2D eigenvalue weighted by molar-refractivity contribution is 7.96. The molecule has 0 aliphatic rings. The predicted molar refractivity (Wildman–Crippen MR) is 36.9 cm³/mol. The van der Waals surface area contributed by atoms with Crippen molar-refractivity contribution < 1.29 is 4.79 Å². The van der Waals surface area contributed by atoms with Crippen molar-refractivity contribution in [2.45, 2.75) is 25.8 Å². The van der Waals surface area contributed by atoms with Crippen LogP contribution in [0, 0.1) is 0 Å². The third-order valence-electron chi connectivity index (χ3n) is 0.814. The van der Waals surface area contributed by atoms with Crippen LogP contribution in [0.5, 0.6) is 0 Å².